The highest BCUT2D eigenvalue weighted by molar-refractivity contribution is 6.04. The summed E-state index contributed by atoms with van der Waals surface area (Å²) in [5.74, 6) is -2.59. The first-order valence-corrected chi connectivity index (χ1v) is 20.5. The van der Waals surface area contributed by atoms with E-state index in [9.17, 15) is 38.7 Å². The van der Waals surface area contributed by atoms with Crippen LogP contribution in [-0.4, -0.2) is 119 Å². The van der Waals surface area contributed by atoms with Gasteiger partial charge in [0.2, 0.25) is 11.7 Å². The number of alkyl carbamates (subject to hydrolysis) is 1. The number of Topliss-reactive ketones (excluding diaryl/α,β-unsaturated/α-hetero) is 2. The quantitative estimate of drug-likeness (QED) is 0.178. The maximum absolute atomic E-state index is 13.8. The van der Waals surface area contributed by atoms with Crippen LogP contribution in [0, 0.1) is 11.8 Å². The number of aliphatic hydroxyl groups excluding tert-OH is 1. The van der Waals surface area contributed by atoms with E-state index in [1.54, 1.807) is 58.9 Å². The molecule has 16 heteroatoms. The molecule has 16 nitrogen and oxygen atoms in total. The number of hydrogen-bond donors (Lipinski definition) is 2. The zero-order valence-electron chi connectivity index (χ0n) is 35.2. The molecule has 3 heterocycles. The van der Waals surface area contributed by atoms with Crippen molar-refractivity contribution < 1.29 is 62.4 Å². The molecule has 0 bridgehead atoms. The molecule has 1 unspecified atom stereocenters. The van der Waals surface area contributed by atoms with Crippen molar-refractivity contribution in [3.8, 4) is 16.9 Å². The van der Waals surface area contributed by atoms with E-state index in [0.29, 0.717) is 42.6 Å². The van der Waals surface area contributed by atoms with Crippen molar-refractivity contribution in [3.05, 3.63) is 52.6 Å². The molecule has 4 aliphatic rings. The average Bonchev–Trinajstić information content (AvgIpc) is 3.82. The summed E-state index contributed by atoms with van der Waals surface area (Å²) in [5.41, 5.74) is 2.92. The molecule has 0 aromatic heterocycles. The largest absolute Gasteiger partial charge is 0.488 e. The second kappa shape index (κ2) is 18.0. The van der Waals surface area contributed by atoms with Gasteiger partial charge in [-0.2, -0.15) is 0 Å². The van der Waals surface area contributed by atoms with Gasteiger partial charge in [0, 0.05) is 35.9 Å². The highest BCUT2D eigenvalue weighted by atomic mass is 16.6. The molecular weight excluding hydrogens is 778 g/mol. The lowest BCUT2D eigenvalue weighted by molar-refractivity contribution is -0.158. The van der Waals surface area contributed by atoms with Gasteiger partial charge in [-0.1, -0.05) is 26.0 Å². The Morgan fingerprint density at radius 1 is 0.950 bits per heavy atom. The number of aryl methyl sites for hydroxylation is 1. The molecule has 2 N–H and O–H groups in total. The topological polar surface area (TPSA) is 204 Å². The highest BCUT2D eigenvalue weighted by Crippen LogP contribution is 2.42. The van der Waals surface area contributed by atoms with Gasteiger partial charge >= 0.3 is 24.1 Å². The van der Waals surface area contributed by atoms with Gasteiger partial charge in [0.15, 0.2) is 18.5 Å². The molecule has 60 heavy (non-hydrogen) atoms. The van der Waals surface area contributed by atoms with Gasteiger partial charge in [-0.3, -0.25) is 19.3 Å². The summed E-state index contributed by atoms with van der Waals surface area (Å²) in [7, 11) is 1.21. The maximum atomic E-state index is 13.8. The van der Waals surface area contributed by atoms with Crippen LogP contribution >= 0.6 is 0 Å². The Hall–Kier alpha value is -5.51. The van der Waals surface area contributed by atoms with Gasteiger partial charge in [0.1, 0.15) is 36.1 Å². The van der Waals surface area contributed by atoms with Crippen molar-refractivity contribution in [3.63, 3.8) is 0 Å². The van der Waals surface area contributed by atoms with Gasteiger partial charge < -0.3 is 39.0 Å². The third kappa shape index (κ3) is 9.43. The summed E-state index contributed by atoms with van der Waals surface area (Å²) >= 11 is 0. The molecule has 2 saturated heterocycles. The van der Waals surface area contributed by atoms with Crippen LogP contribution < -0.4 is 10.1 Å². The van der Waals surface area contributed by atoms with Crippen molar-refractivity contribution in [1.82, 2.24) is 15.1 Å². The minimum absolute atomic E-state index is 0.0946. The van der Waals surface area contributed by atoms with E-state index in [-0.39, 0.29) is 56.3 Å². The number of amides is 3. The number of aliphatic hydroxyl groups is 1. The Labute approximate surface area is 349 Å². The predicted molar refractivity (Wildman–Crippen MR) is 214 cm³/mol. The molecule has 0 spiro atoms. The number of nitrogens with one attached hydrogen (secondary N) is 1. The summed E-state index contributed by atoms with van der Waals surface area (Å²) < 4.78 is 27.5. The van der Waals surface area contributed by atoms with Crippen molar-refractivity contribution in [2.75, 3.05) is 26.9 Å². The maximum Gasteiger partial charge on any atom is 0.411 e. The second-order valence-electron chi connectivity index (χ2n) is 17.3. The fourth-order valence-corrected chi connectivity index (χ4v) is 8.44. The van der Waals surface area contributed by atoms with Crippen LogP contribution in [0.1, 0.15) is 105 Å². The standard InChI is InChI=1S/C44H55N3O13/c1-23(2)37(45-42(54)56-7)39(51)47-24(3)8-12-32(47)41(53)59-35-13-10-26-18-31-29-11-9-27(17-28(29)21-57-36(31)19-30(26)38(35)50)34(49)22-58-40(52)33-16-25(14-15-48)20-46(33)43(55)60-44(4,5)6/h9,11,17-19,23-25,32-33,35,37,48H,8,10,12-16,20-22H2,1-7H3,(H,45,54)/t24-,25-,32-,33-,35?,37-/m0/s1. The molecule has 3 amide bonds. The fourth-order valence-electron chi connectivity index (χ4n) is 8.44. The third-order valence-electron chi connectivity index (χ3n) is 11.6. The molecule has 2 aromatic carbocycles. The molecule has 2 aromatic rings. The van der Waals surface area contributed by atoms with E-state index < -0.39 is 72.3 Å². The van der Waals surface area contributed by atoms with Gasteiger partial charge in [-0.25, -0.2) is 19.2 Å². The fraction of sp³-hybridized carbons (Fsp3) is 0.568. The lowest BCUT2D eigenvalue weighted by Gasteiger charge is -2.33. The average molecular weight is 834 g/mol. The second-order valence-corrected chi connectivity index (χ2v) is 17.3. The first-order chi connectivity index (χ1) is 28.4. The molecule has 6 rings (SSSR count). The van der Waals surface area contributed by atoms with E-state index in [0.717, 1.165) is 22.3 Å². The lowest BCUT2D eigenvalue weighted by atomic mass is 9.84. The number of fused-ring (bicyclic) bond motifs is 4. The van der Waals surface area contributed by atoms with E-state index in [2.05, 4.69) is 5.32 Å². The highest BCUT2D eigenvalue weighted by Gasteiger charge is 2.45. The number of benzene rings is 2. The van der Waals surface area contributed by atoms with Gasteiger partial charge in [0.05, 0.1) is 7.11 Å². The first kappa shape index (κ1) is 44.1. The summed E-state index contributed by atoms with van der Waals surface area (Å²) in [4.78, 5) is 95.2. The van der Waals surface area contributed by atoms with E-state index >= 15 is 0 Å². The molecular formula is C44H55N3O13. The summed E-state index contributed by atoms with van der Waals surface area (Å²) in [6.45, 7) is 10.3. The zero-order valence-corrected chi connectivity index (χ0v) is 35.2. The van der Waals surface area contributed by atoms with Gasteiger partial charge in [-0.15, -0.1) is 0 Å². The molecule has 2 fully saturated rings. The third-order valence-corrected chi connectivity index (χ3v) is 11.6. The Morgan fingerprint density at radius 2 is 1.70 bits per heavy atom. The van der Waals surface area contributed by atoms with E-state index in [4.69, 9.17) is 23.7 Å². The summed E-state index contributed by atoms with van der Waals surface area (Å²) in [6, 6.07) is 5.57. The van der Waals surface area contributed by atoms with Gasteiger partial charge in [0.25, 0.3) is 0 Å². The monoisotopic (exact) mass is 833 g/mol. The summed E-state index contributed by atoms with van der Waals surface area (Å²) in [5, 5.41) is 12.0. The number of carbonyl (C=O) groups is 7. The number of methoxy groups -OCH3 is 1. The lowest BCUT2D eigenvalue weighted by Crippen LogP contribution is -2.56. The number of nitrogens with zero attached hydrogens (tertiary/aromatic N) is 2. The Balaban J connectivity index is 1.10. The van der Waals surface area contributed by atoms with Crippen LogP contribution in [0.15, 0.2) is 30.3 Å². The van der Waals surface area contributed by atoms with Gasteiger partial charge in [-0.05, 0) is 113 Å². The Kier molecular flexibility index (Phi) is 13.2. The Morgan fingerprint density at radius 3 is 2.38 bits per heavy atom. The number of ether oxygens (including phenoxy) is 5. The first-order valence-electron chi connectivity index (χ1n) is 20.5. The number of carbonyl (C=O) groups excluding carboxylic acids is 7. The van der Waals surface area contributed by atoms with E-state index in [1.165, 1.54) is 16.9 Å². The smallest absolute Gasteiger partial charge is 0.411 e. The van der Waals surface area contributed by atoms with Crippen LogP contribution in [0.25, 0.3) is 11.1 Å². The number of likely N-dealkylation sites (tertiary alicyclic amines) is 2. The molecule has 1 aliphatic carbocycles. The van der Waals surface area contributed by atoms with Crippen molar-refractivity contribution in [2.45, 2.75) is 123 Å². The van der Waals surface area contributed by atoms with Crippen LogP contribution in [-0.2, 0) is 46.4 Å². The zero-order chi connectivity index (χ0) is 43.6. The molecule has 6 atom stereocenters. The number of rotatable bonds is 11. The van der Waals surface area contributed by atoms with Crippen LogP contribution in [0.2, 0.25) is 0 Å². The minimum Gasteiger partial charge on any atom is -0.488 e. The number of ketones is 2. The SMILES string of the molecule is COC(=O)N[C@H](C(=O)N1[C@@H](C)CC[C@H]1C(=O)OC1CCc2cc3c(cc2C1=O)OCc1cc(C(=O)COC(=O)[C@@H]2C[C@H](CCO)CN2C(=O)OC(C)(C)C)ccc1-3)C(C)C. The molecule has 0 radical (unpaired) electrons. The van der Waals surface area contributed by atoms with Crippen LogP contribution in [0.5, 0.6) is 5.75 Å². The van der Waals surface area contributed by atoms with Crippen molar-refractivity contribution >= 4 is 41.6 Å². The molecule has 3 aliphatic heterocycles. The van der Waals surface area contributed by atoms with Crippen LogP contribution in [0.4, 0.5) is 9.59 Å². The minimum atomic E-state index is -1.06. The molecule has 0 saturated carbocycles. The van der Waals surface area contributed by atoms with E-state index in [1.807, 2.05) is 13.0 Å². The summed E-state index contributed by atoms with van der Waals surface area (Å²) in [6.07, 6.45) is -0.219. The Bertz CT molecular complexity index is 2040. The molecule has 324 valence electrons. The number of esters is 2. The predicted octanol–water partition coefficient (Wildman–Crippen LogP) is 4.78. The van der Waals surface area contributed by atoms with Crippen LogP contribution in [0.3, 0.4) is 0 Å². The van der Waals surface area contributed by atoms with Crippen molar-refractivity contribution in [1.29, 1.82) is 0 Å². The van der Waals surface area contributed by atoms with Crippen molar-refractivity contribution in [2.24, 2.45) is 11.8 Å². The number of hydrogen-bond acceptors (Lipinski definition) is 13. The normalized spacial score (nSPS) is 22.5.